The van der Waals surface area contributed by atoms with Gasteiger partial charge < -0.3 is 10.1 Å². The molecule has 0 saturated heterocycles. The summed E-state index contributed by atoms with van der Waals surface area (Å²) in [5, 5.41) is 2.52. The summed E-state index contributed by atoms with van der Waals surface area (Å²) in [5.41, 5.74) is -0.0652. The molecule has 0 saturated carbocycles. The summed E-state index contributed by atoms with van der Waals surface area (Å²) in [6.07, 6.45) is 0.777. The highest BCUT2D eigenvalue weighted by molar-refractivity contribution is 6.43. The van der Waals surface area contributed by atoms with Gasteiger partial charge >= 0.3 is 0 Å². The first-order valence-electron chi connectivity index (χ1n) is 6.11. The Morgan fingerprint density at radius 1 is 1.37 bits per heavy atom. The van der Waals surface area contributed by atoms with E-state index in [9.17, 15) is 14.0 Å². The molecule has 1 amide bonds. The van der Waals surface area contributed by atoms with Crippen molar-refractivity contribution in [3.8, 4) is 5.75 Å². The molecule has 1 aromatic rings. The molecule has 0 spiro atoms. The number of benzene rings is 1. The van der Waals surface area contributed by atoms with Crippen LogP contribution in [0.5, 0.6) is 5.75 Å². The maximum Gasteiger partial charge on any atom is 0.292 e. The molecule has 0 heterocycles. The van der Waals surface area contributed by atoms with Crippen molar-refractivity contribution in [1.29, 1.82) is 0 Å². The van der Waals surface area contributed by atoms with Crippen molar-refractivity contribution in [3.63, 3.8) is 0 Å². The quantitative estimate of drug-likeness (QED) is 0.635. The van der Waals surface area contributed by atoms with Crippen LogP contribution in [0.2, 0.25) is 0 Å². The van der Waals surface area contributed by atoms with Crippen molar-refractivity contribution in [2.75, 3.05) is 13.7 Å². The third-order valence-electron chi connectivity index (χ3n) is 2.62. The largest absolute Gasteiger partial charge is 0.496 e. The van der Waals surface area contributed by atoms with Crippen molar-refractivity contribution < 1.29 is 18.7 Å². The number of amides is 1. The number of hydrogen-bond donors (Lipinski definition) is 1. The molecule has 1 rings (SSSR count). The second-order valence-corrected chi connectivity index (χ2v) is 4.61. The van der Waals surface area contributed by atoms with Crippen molar-refractivity contribution >= 4 is 11.7 Å². The lowest BCUT2D eigenvalue weighted by atomic mass is 10.1. The van der Waals surface area contributed by atoms with E-state index in [0.29, 0.717) is 12.5 Å². The van der Waals surface area contributed by atoms with Crippen LogP contribution in [-0.4, -0.2) is 25.3 Å². The first-order chi connectivity index (χ1) is 8.95. The zero-order valence-electron chi connectivity index (χ0n) is 11.3. The van der Waals surface area contributed by atoms with Gasteiger partial charge in [-0.2, -0.15) is 0 Å². The van der Waals surface area contributed by atoms with Gasteiger partial charge in [-0.1, -0.05) is 13.8 Å². The number of halogens is 1. The van der Waals surface area contributed by atoms with Crippen LogP contribution >= 0.6 is 0 Å². The number of carbonyl (C=O) groups is 2. The summed E-state index contributed by atoms with van der Waals surface area (Å²) in [6, 6.07) is 3.50. The number of rotatable bonds is 6. The van der Waals surface area contributed by atoms with Crippen LogP contribution in [-0.2, 0) is 4.79 Å². The van der Waals surface area contributed by atoms with E-state index in [1.54, 1.807) is 0 Å². The average Bonchev–Trinajstić information content (AvgIpc) is 2.37. The van der Waals surface area contributed by atoms with Gasteiger partial charge in [0.25, 0.3) is 11.7 Å². The van der Waals surface area contributed by atoms with Crippen LogP contribution in [0.4, 0.5) is 4.39 Å². The Morgan fingerprint density at radius 2 is 2.05 bits per heavy atom. The van der Waals surface area contributed by atoms with Gasteiger partial charge in [-0.25, -0.2) is 4.39 Å². The SMILES string of the molecule is COc1ccc(F)cc1C(=O)C(=O)NCCC(C)C. The Hall–Kier alpha value is -1.91. The minimum atomic E-state index is -0.792. The van der Waals surface area contributed by atoms with Gasteiger partial charge in [0.2, 0.25) is 0 Å². The van der Waals surface area contributed by atoms with E-state index in [-0.39, 0.29) is 11.3 Å². The molecular weight excluding hydrogens is 249 g/mol. The second kappa shape index (κ2) is 6.87. The van der Waals surface area contributed by atoms with Crippen LogP contribution < -0.4 is 10.1 Å². The molecule has 5 heteroatoms. The number of nitrogens with one attached hydrogen (secondary N) is 1. The molecule has 0 bridgehead atoms. The molecule has 19 heavy (non-hydrogen) atoms. The van der Waals surface area contributed by atoms with Gasteiger partial charge in [-0.05, 0) is 30.5 Å². The number of hydrogen-bond acceptors (Lipinski definition) is 3. The minimum Gasteiger partial charge on any atom is -0.496 e. The Bertz CT molecular complexity index is 472. The van der Waals surface area contributed by atoms with E-state index in [2.05, 4.69) is 5.32 Å². The maximum absolute atomic E-state index is 13.1. The summed E-state index contributed by atoms with van der Waals surface area (Å²) < 4.78 is 18.1. The fraction of sp³-hybridized carbons (Fsp3) is 0.429. The molecule has 0 aliphatic rings. The molecule has 4 nitrogen and oxygen atoms in total. The molecular formula is C14H18FNO3. The van der Waals surface area contributed by atoms with E-state index < -0.39 is 17.5 Å². The van der Waals surface area contributed by atoms with Gasteiger partial charge in [-0.15, -0.1) is 0 Å². The average molecular weight is 267 g/mol. The van der Waals surface area contributed by atoms with Crippen molar-refractivity contribution in [2.45, 2.75) is 20.3 Å². The highest BCUT2D eigenvalue weighted by Gasteiger charge is 2.20. The smallest absolute Gasteiger partial charge is 0.292 e. The molecule has 0 fully saturated rings. The summed E-state index contributed by atoms with van der Waals surface area (Å²) in [6.45, 7) is 4.45. The molecule has 1 aromatic carbocycles. The van der Waals surface area contributed by atoms with E-state index in [0.717, 1.165) is 12.5 Å². The van der Waals surface area contributed by atoms with Gasteiger partial charge in [0.15, 0.2) is 0 Å². The molecule has 0 aromatic heterocycles. The fourth-order valence-corrected chi connectivity index (χ4v) is 1.53. The van der Waals surface area contributed by atoms with E-state index in [1.165, 1.54) is 19.2 Å². The van der Waals surface area contributed by atoms with Crippen LogP contribution in [0.1, 0.15) is 30.6 Å². The molecule has 0 atom stereocenters. The van der Waals surface area contributed by atoms with Gasteiger partial charge in [0.1, 0.15) is 11.6 Å². The zero-order valence-corrected chi connectivity index (χ0v) is 11.3. The van der Waals surface area contributed by atoms with Gasteiger partial charge in [0, 0.05) is 6.54 Å². The predicted octanol–water partition coefficient (Wildman–Crippen LogP) is 2.18. The van der Waals surface area contributed by atoms with E-state index in [4.69, 9.17) is 4.74 Å². The van der Waals surface area contributed by atoms with Crippen LogP contribution in [0.3, 0.4) is 0 Å². The molecule has 0 radical (unpaired) electrons. The highest BCUT2D eigenvalue weighted by atomic mass is 19.1. The number of Topliss-reactive ketones (excluding diaryl/α,β-unsaturated/α-hetero) is 1. The third kappa shape index (κ3) is 4.35. The monoisotopic (exact) mass is 267 g/mol. The van der Waals surface area contributed by atoms with Crippen molar-refractivity contribution in [2.24, 2.45) is 5.92 Å². The zero-order chi connectivity index (χ0) is 14.4. The van der Waals surface area contributed by atoms with Crippen molar-refractivity contribution in [3.05, 3.63) is 29.6 Å². The molecule has 0 aliphatic heterocycles. The normalized spacial score (nSPS) is 10.4. The first-order valence-corrected chi connectivity index (χ1v) is 6.11. The standard InChI is InChI=1S/C14H18FNO3/c1-9(2)6-7-16-14(18)13(17)11-8-10(15)4-5-12(11)19-3/h4-5,8-9H,6-7H2,1-3H3,(H,16,18). The molecule has 104 valence electrons. The maximum atomic E-state index is 13.1. The number of ketones is 1. The van der Waals surface area contributed by atoms with Crippen LogP contribution in [0.15, 0.2) is 18.2 Å². The first kappa shape index (κ1) is 15.1. The van der Waals surface area contributed by atoms with Gasteiger partial charge in [0.05, 0.1) is 12.7 Å². The number of ether oxygens (including phenoxy) is 1. The Balaban J connectivity index is 2.76. The Kier molecular flexibility index (Phi) is 5.48. The van der Waals surface area contributed by atoms with Crippen LogP contribution in [0.25, 0.3) is 0 Å². The number of carbonyl (C=O) groups excluding carboxylic acids is 2. The summed E-state index contributed by atoms with van der Waals surface area (Å²) in [5.74, 6) is -1.51. The van der Waals surface area contributed by atoms with Crippen LogP contribution in [0, 0.1) is 11.7 Å². The Labute approximate surface area is 112 Å². The van der Waals surface area contributed by atoms with E-state index in [1.807, 2.05) is 13.8 Å². The minimum absolute atomic E-state index is 0.0652. The van der Waals surface area contributed by atoms with E-state index >= 15 is 0 Å². The van der Waals surface area contributed by atoms with Crippen molar-refractivity contribution in [1.82, 2.24) is 5.32 Å². The molecule has 1 N–H and O–H groups in total. The fourth-order valence-electron chi connectivity index (χ4n) is 1.53. The molecule has 0 unspecified atom stereocenters. The summed E-state index contributed by atoms with van der Waals surface area (Å²) >= 11 is 0. The third-order valence-corrected chi connectivity index (χ3v) is 2.62. The lowest BCUT2D eigenvalue weighted by molar-refractivity contribution is -0.117. The summed E-state index contributed by atoms with van der Waals surface area (Å²) in [7, 11) is 1.36. The lowest BCUT2D eigenvalue weighted by Crippen LogP contribution is -2.32. The highest BCUT2D eigenvalue weighted by Crippen LogP contribution is 2.19. The number of methoxy groups -OCH3 is 1. The second-order valence-electron chi connectivity index (χ2n) is 4.61. The topological polar surface area (TPSA) is 55.4 Å². The summed E-state index contributed by atoms with van der Waals surface area (Å²) in [4.78, 5) is 23.6. The molecule has 0 aliphatic carbocycles. The Morgan fingerprint density at radius 3 is 2.63 bits per heavy atom. The van der Waals surface area contributed by atoms with Gasteiger partial charge in [-0.3, -0.25) is 9.59 Å². The lowest BCUT2D eigenvalue weighted by Gasteiger charge is -2.09. The predicted molar refractivity (Wildman–Crippen MR) is 69.7 cm³/mol.